The molecule has 0 radical (unpaired) electrons. The molecule has 37 heavy (non-hydrogen) atoms. The van der Waals surface area contributed by atoms with Gasteiger partial charge in [-0.15, -0.1) is 0 Å². The topological polar surface area (TPSA) is 101 Å². The molecule has 0 aromatic heterocycles. The van der Waals surface area contributed by atoms with E-state index in [1.165, 1.54) is 18.9 Å². The predicted molar refractivity (Wildman–Crippen MR) is 140 cm³/mol. The van der Waals surface area contributed by atoms with Crippen molar-refractivity contribution in [2.24, 2.45) is 4.99 Å². The number of amides is 2. The molecule has 3 heterocycles. The van der Waals surface area contributed by atoms with E-state index in [9.17, 15) is 14.4 Å². The fourth-order valence-electron chi connectivity index (χ4n) is 4.87. The smallest absolute Gasteiger partial charge is 0.338 e. The molecule has 0 saturated carbocycles. The number of piperazine rings is 1. The van der Waals surface area contributed by atoms with Crippen molar-refractivity contribution in [3.63, 3.8) is 0 Å². The van der Waals surface area contributed by atoms with Gasteiger partial charge >= 0.3 is 5.97 Å². The molecule has 4 rings (SSSR count). The number of para-hydroxylation sites is 1. The maximum atomic E-state index is 13.3. The third kappa shape index (κ3) is 5.04. The van der Waals surface area contributed by atoms with E-state index in [2.05, 4.69) is 0 Å². The molecule has 1 saturated heterocycles. The average Bonchev–Trinajstić information content (AvgIpc) is 3.32. The molecule has 11 heteroatoms. The molecular weight excluding hydrogens is 496 g/mol. The van der Waals surface area contributed by atoms with Crippen LogP contribution in [0, 0.1) is 0 Å². The minimum atomic E-state index is -0.622. The number of thioether (sulfide) groups is 1. The van der Waals surface area contributed by atoms with Crippen LogP contribution in [0.4, 0.5) is 0 Å². The number of allylic oxidation sites excluding steroid dienone is 1. The van der Waals surface area contributed by atoms with Crippen molar-refractivity contribution in [1.82, 2.24) is 14.7 Å². The second kappa shape index (κ2) is 11.3. The van der Waals surface area contributed by atoms with Crippen molar-refractivity contribution in [2.75, 3.05) is 47.5 Å². The van der Waals surface area contributed by atoms with E-state index in [-0.39, 0.29) is 18.2 Å². The van der Waals surface area contributed by atoms with Crippen LogP contribution in [0.1, 0.15) is 38.3 Å². The highest BCUT2D eigenvalue weighted by molar-refractivity contribution is 8.16. The number of rotatable bonds is 7. The van der Waals surface area contributed by atoms with Gasteiger partial charge in [-0.05, 0) is 17.9 Å². The molecule has 198 valence electrons. The van der Waals surface area contributed by atoms with Gasteiger partial charge in [0, 0.05) is 44.4 Å². The quantitative estimate of drug-likeness (QED) is 0.498. The van der Waals surface area contributed by atoms with Crippen LogP contribution in [0.2, 0.25) is 0 Å². The Labute approximate surface area is 220 Å². The van der Waals surface area contributed by atoms with Crippen LogP contribution in [0.15, 0.2) is 45.6 Å². The summed E-state index contributed by atoms with van der Waals surface area (Å²) < 4.78 is 16.5. The Kier molecular flexibility index (Phi) is 8.11. The van der Waals surface area contributed by atoms with Crippen LogP contribution in [-0.2, 0) is 19.1 Å². The van der Waals surface area contributed by atoms with Gasteiger partial charge in [-0.1, -0.05) is 30.8 Å². The van der Waals surface area contributed by atoms with E-state index in [1.807, 2.05) is 29.4 Å². The van der Waals surface area contributed by atoms with Crippen molar-refractivity contribution in [2.45, 2.75) is 32.7 Å². The predicted octanol–water partition coefficient (Wildman–Crippen LogP) is 2.92. The van der Waals surface area contributed by atoms with E-state index >= 15 is 0 Å². The molecule has 1 fully saturated rings. The van der Waals surface area contributed by atoms with Crippen LogP contribution < -0.4 is 9.47 Å². The third-order valence-electron chi connectivity index (χ3n) is 6.77. The van der Waals surface area contributed by atoms with Gasteiger partial charge in [0.2, 0.25) is 11.8 Å². The van der Waals surface area contributed by atoms with E-state index in [4.69, 9.17) is 19.2 Å². The second-order valence-corrected chi connectivity index (χ2v) is 9.58. The summed E-state index contributed by atoms with van der Waals surface area (Å²) in [6.45, 7) is 5.49. The van der Waals surface area contributed by atoms with E-state index < -0.39 is 12.0 Å². The molecule has 0 aliphatic carbocycles. The molecule has 3 aliphatic heterocycles. The van der Waals surface area contributed by atoms with Crippen molar-refractivity contribution in [3.8, 4) is 11.5 Å². The molecule has 1 aromatic carbocycles. The zero-order valence-electron chi connectivity index (χ0n) is 21.8. The fraction of sp³-hybridized carbons (Fsp3) is 0.462. The minimum absolute atomic E-state index is 0.0140. The third-order valence-corrected chi connectivity index (χ3v) is 7.66. The molecule has 10 nitrogen and oxygen atoms in total. The number of hydrogen-bond acceptors (Lipinski definition) is 9. The summed E-state index contributed by atoms with van der Waals surface area (Å²) in [5.41, 5.74) is 2.46. The molecular formula is C26H32N4O6S. The lowest BCUT2D eigenvalue weighted by Crippen LogP contribution is -2.50. The van der Waals surface area contributed by atoms with E-state index in [1.54, 1.807) is 37.0 Å². The monoisotopic (exact) mass is 528 g/mol. The highest BCUT2D eigenvalue weighted by atomic mass is 32.2. The first kappa shape index (κ1) is 26.6. The SMILES string of the molecule is CCC1=C(C(=O)OC)[C@@H](c2cccc(OC)c2OC)N2C(CC(=O)N3CCN(C(C)=O)CC3)=CSC2=N1. The summed E-state index contributed by atoms with van der Waals surface area (Å²) in [5.74, 6) is 0.509. The number of hydrogen-bond donors (Lipinski definition) is 0. The van der Waals surface area contributed by atoms with Crippen LogP contribution in [0.5, 0.6) is 11.5 Å². The van der Waals surface area contributed by atoms with Gasteiger partial charge < -0.3 is 28.9 Å². The Balaban J connectivity index is 1.71. The zero-order valence-corrected chi connectivity index (χ0v) is 22.6. The van der Waals surface area contributed by atoms with Gasteiger partial charge in [0.25, 0.3) is 0 Å². The van der Waals surface area contributed by atoms with Crippen molar-refractivity contribution in [3.05, 3.63) is 46.1 Å². The maximum Gasteiger partial charge on any atom is 0.338 e. The van der Waals surface area contributed by atoms with Gasteiger partial charge in [-0.25, -0.2) is 9.79 Å². The molecule has 3 aliphatic rings. The Bertz CT molecular complexity index is 1190. The molecule has 0 unspecified atom stereocenters. The van der Waals surface area contributed by atoms with Crippen molar-refractivity contribution in [1.29, 1.82) is 0 Å². The van der Waals surface area contributed by atoms with Crippen LogP contribution in [0.3, 0.4) is 0 Å². The number of amidine groups is 1. The molecule has 0 bridgehead atoms. The number of ether oxygens (including phenoxy) is 3. The Morgan fingerprint density at radius 1 is 1.05 bits per heavy atom. The summed E-state index contributed by atoms with van der Waals surface area (Å²) in [5, 5.41) is 2.60. The lowest BCUT2D eigenvalue weighted by atomic mass is 9.92. The van der Waals surface area contributed by atoms with Gasteiger partial charge in [0.15, 0.2) is 16.7 Å². The van der Waals surface area contributed by atoms with Crippen molar-refractivity contribution >= 4 is 34.7 Å². The van der Waals surface area contributed by atoms with Gasteiger partial charge in [-0.3, -0.25) is 9.59 Å². The summed E-state index contributed by atoms with van der Waals surface area (Å²) in [4.78, 5) is 48.4. The van der Waals surface area contributed by atoms with Gasteiger partial charge in [-0.2, -0.15) is 0 Å². The highest BCUT2D eigenvalue weighted by Gasteiger charge is 2.43. The minimum Gasteiger partial charge on any atom is -0.493 e. The number of benzene rings is 1. The van der Waals surface area contributed by atoms with E-state index in [0.29, 0.717) is 66.1 Å². The lowest BCUT2D eigenvalue weighted by molar-refractivity contribution is -0.138. The Morgan fingerprint density at radius 2 is 1.76 bits per heavy atom. The van der Waals surface area contributed by atoms with Crippen LogP contribution in [-0.4, -0.2) is 85.2 Å². The van der Waals surface area contributed by atoms with Gasteiger partial charge in [0.05, 0.1) is 45.1 Å². The fourth-order valence-corrected chi connectivity index (χ4v) is 5.81. The Morgan fingerprint density at radius 3 is 2.35 bits per heavy atom. The number of carbonyl (C=O) groups is 3. The van der Waals surface area contributed by atoms with Crippen LogP contribution >= 0.6 is 11.8 Å². The number of carbonyl (C=O) groups excluding carboxylic acids is 3. The standard InChI is InChI=1S/C26H32N4O6S/c1-6-19-22(25(33)36-5)23(18-8-7-9-20(34-3)24(18)35-4)30-17(15-37-26(30)27-19)14-21(32)29-12-10-28(11-13-29)16(2)31/h7-9,15,23H,6,10-14H2,1-5H3/t23-/m1/s1. The number of aliphatic imine (C=N–C) groups is 1. The summed E-state index contributed by atoms with van der Waals surface area (Å²) in [6, 6.07) is 4.90. The van der Waals surface area contributed by atoms with Crippen LogP contribution in [0.25, 0.3) is 0 Å². The molecule has 2 amide bonds. The normalized spacial score (nSPS) is 19.3. The average molecular weight is 529 g/mol. The molecule has 0 spiro atoms. The lowest BCUT2D eigenvalue weighted by Gasteiger charge is -2.38. The van der Waals surface area contributed by atoms with Gasteiger partial charge in [0.1, 0.15) is 0 Å². The first-order valence-corrected chi connectivity index (χ1v) is 13.0. The first-order chi connectivity index (χ1) is 17.8. The zero-order chi connectivity index (χ0) is 26.7. The summed E-state index contributed by atoms with van der Waals surface area (Å²) >= 11 is 1.42. The molecule has 1 atom stereocenters. The number of methoxy groups -OCH3 is 3. The molecule has 0 N–H and O–H groups in total. The number of esters is 1. The summed E-state index contributed by atoms with van der Waals surface area (Å²) in [7, 11) is 4.47. The highest BCUT2D eigenvalue weighted by Crippen LogP contribution is 2.49. The maximum absolute atomic E-state index is 13.3. The Hall–Kier alpha value is -3.47. The first-order valence-electron chi connectivity index (χ1n) is 12.1. The van der Waals surface area contributed by atoms with Crippen molar-refractivity contribution < 1.29 is 28.6 Å². The molecule has 1 aromatic rings. The second-order valence-electron chi connectivity index (χ2n) is 8.75. The van der Waals surface area contributed by atoms with E-state index in [0.717, 1.165) is 5.70 Å². The number of fused-ring (bicyclic) bond motifs is 1. The summed E-state index contributed by atoms with van der Waals surface area (Å²) in [6.07, 6.45) is 0.657. The number of nitrogens with zero attached hydrogens (tertiary/aromatic N) is 4. The largest absolute Gasteiger partial charge is 0.493 e.